The van der Waals surface area contributed by atoms with Crippen molar-refractivity contribution in [2.24, 2.45) is 0 Å². The maximum absolute atomic E-state index is 12.5. The Balaban J connectivity index is 1.75. The average Bonchev–Trinajstić information content (AvgIpc) is 3.18. The van der Waals surface area contributed by atoms with Crippen molar-refractivity contribution >= 4 is 21.6 Å². The number of hydrogen-bond donors (Lipinski definition) is 1. The molecule has 0 bridgehead atoms. The Hall–Kier alpha value is -2.80. The van der Waals surface area contributed by atoms with Crippen LogP contribution in [0.1, 0.15) is 21.7 Å². The molecule has 1 N–H and O–H groups in total. The minimum absolute atomic E-state index is 0.116. The molecule has 1 aromatic carbocycles. The summed E-state index contributed by atoms with van der Waals surface area (Å²) in [6.07, 6.45) is 4.17. The lowest BCUT2D eigenvalue weighted by Gasteiger charge is -2.06. The molecule has 0 aliphatic rings. The van der Waals surface area contributed by atoms with Crippen LogP contribution in [0.25, 0.3) is 0 Å². The highest BCUT2D eigenvalue weighted by Crippen LogP contribution is 2.16. The summed E-state index contributed by atoms with van der Waals surface area (Å²) >= 11 is 0. The molecular formula is C17H16N2O4S. The Kier molecular flexibility index (Phi) is 4.26. The quantitative estimate of drug-likeness (QED) is 0.771. The van der Waals surface area contributed by atoms with Crippen LogP contribution in [0.15, 0.2) is 65.5 Å². The van der Waals surface area contributed by atoms with E-state index < -0.39 is 15.9 Å². The number of furan rings is 1. The molecule has 124 valence electrons. The van der Waals surface area contributed by atoms with Gasteiger partial charge < -0.3 is 9.73 Å². The van der Waals surface area contributed by atoms with Gasteiger partial charge in [0.25, 0.3) is 5.91 Å². The first-order chi connectivity index (χ1) is 11.4. The molecule has 3 aromatic rings. The number of hydrogen-bond acceptors (Lipinski definition) is 4. The van der Waals surface area contributed by atoms with Crippen molar-refractivity contribution in [3.05, 3.63) is 78.0 Å². The summed E-state index contributed by atoms with van der Waals surface area (Å²) in [7, 11) is -3.56. The van der Waals surface area contributed by atoms with Gasteiger partial charge in [-0.3, -0.25) is 8.77 Å². The summed E-state index contributed by atoms with van der Waals surface area (Å²) in [5.41, 5.74) is 2.09. The number of carbonyl (C=O) groups is 1. The first-order valence-electron chi connectivity index (χ1n) is 7.26. The highest BCUT2D eigenvalue weighted by Gasteiger charge is 2.16. The van der Waals surface area contributed by atoms with Crippen molar-refractivity contribution in [3.63, 3.8) is 0 Å². The fraction of sp³-hybridized carbons (Fsp3) is 0.118. The second kappa shape index (κ2) is 6.37. The number of nitrogens with one attached hydrogen (secondary N) is 1. The predicted molar refractivity (Wildman–Crippen MR) is 90.3 cm³/mol. The van der Waals surface area contributed by atoms with E-state index in [-0.39, 0.29) is 11.5 Å². The van der Waals surface area contributed by atoms with Gasteiger partial charge in [0.2, 0.25) is 10.0 Å². The summed E-state index contributed by atoms with van der Waals surface area (Å²) in [5, 5.41) is 2.59. The lowest BCUT2D eigenvalue weighted by Crippen LogP contribution is -2.14. The lowest BCUT2D eigenvalue weighted by molar-refractivity contribution is 0.0996. The molecule has 1 amide bonds. The highest BCUT2D eigenvalue weighted by molar-refractivity contribution is 7.89. The van der Waals surface area contributed by atoms with Gasteiger partial charge in [0.15, 0.2) is 5.76 Å². The van der Waals surface area contributed by atoms with Crippen LogP contribution < -0.4 is 5.32 Å². The third kappa shape index (κ3) is 3.57. The zero-order valence-corrected chi connectivity index (χ0v) is 13.8. The van der Waals surface area contributed by atoms with Gasteiger partial charge in [0.05, 0.1) is 17.7 Å². The van der Waals surface area contributed by atoms with Crippen LogP contribution in [0.2, 0.25) is 0 Å². The first kappa shape index (κ1) is 16.1. The largest absolute Gasteiger partial charge is 0.459 e. The summed E-state index contributed by atoms with van der Waals surface area (Å²) in [6.45, 7) is 1.91. The molecule has 0 saturated heterocycles. The van der Waals surface area contributed by atoms with E-state index in [1.54, 1.807) is 12.1 Å². The van der Waals surface area contributed by atoms with Crippen molar-refractivity contribution in [1.29, 1.82) is 0 Å². The number of carbonyl (C=O) groups excluding carboxylic acids is 1. The highest BCUT2D eigenvalue weighted by atomic mass is 32.2. The molecule has 7 heteroatoms. The van der Waals surface area contributed by atoms with Gasteiger partial charge in [-0.1, -0.05) is 29.8 Å². The van der Waals surface area contributed by atoms with Gasteiger partial charge in [-0.05, 0) is 30.7 Å². The van der Waals surface area contributed by atoms with Crippen LogP contribution in [-0.4, -0.2) is 18.3 Å². The maximum Gasteiger partial charge on any atom is 0.291 e. The van der Waals surface area contributed by atoms with Crippen LogP contribution in [0.4, 0.5) is 5.69 Å². The topological polar surface area (TPSA) is 81.3 Å². The molecule has 0 saturated carbocycles. The fourth-order valence-corrected chi connectivity index (χ4v) is 3.58. The van der Waals surface area contributed by atoms with E-state index in [0.717, 1.165) is 9.54 Å². The van der Waals surface area contributed by atoms with Gasteiger partial charge >= 0.3 is 0 Å². The second-order valence-corrected chi connectivity index (χ2v) is 7.28. The van der Waals surface area contributed by atoms with Crippen molar-refractivity contribution < 1.29 is 17.6 Å². The second-order valence-electron chi connectivity index (χ2n) is 5.41. The summed E-state index contributed by atoms with van der Waals surface area (Å²) < 4.78 is 31.0. The Labute approximate surface area is 139 Å². The molecule has 6 nitrogen and oxygen atoms in total. The molecular weight excluding hydrogens is 328 g/mol. The Morgan fingerprint density at radius 1 is 1.21 bits per heavy atom. The molecule has 0 aliphatic carbocycles. The van der Waals surface area contributed by atoms with Crippen LogP contribution in [0.5, 0.6) is 0 Å². The number of benzene rings is 1. The minimum atomic E-state index is -3.56. The van der Waals surface area contributed by atoms with E-state index in [4.69, 9.17) is 4.42 Å². The molecule has 3 rings (SSSR count). The van der Waals surface area contributed by atoms with Crippen molar-refractivity contribution in [3.8, 4) is 0 Å². The molecule has 2 aromatic heterocycles. The SMILES string of the molecule is Cc1cccc(CS(=O)(=O)n2ccc(NC(=O)c3ccco3)c2)c1. The summed E-state index contributed by atoms with van der Waals surface area (Å²) in [4.78, 5) is 11.9. The number of rotatable bonds is 5. The third-order valence-corrected chi connectivity index (χ3v) is 4.99. The molecule has 2 heterocycles. The number of aromatic nitrogens is 1. The van der Waals surface area contributed by atoms with Crippen molar-refractivity contribution in [1.82, 2.24) is 3.97 Å². The Morgan fingerprint density at radius 3 is 2.75 bits per heavy atom. The fourth-order valence-electron chi connectivity index (χ4n) is 2.31. The van der Waals surface area contributed by atoms with E-state index in [9.17, 15) is 13.2 Å². The van der Waals surface area contributed by atoms with E-state index in [2.05, 4.69) is 5.32 Å². The first-order valence-corrected chi connectivity index (χ1v) is 8.87. The molecule has 0 aliphatic heterocycles. The molecule has 0 spiro atoms. The summed E-state index contributed by atoms with van der Waals surface area (Å²) in [6, 6.07) is 12.0. The van der Waals surface area contributed by atoms with Crippen LogP contribution in [0.3, 0.4) is 0 Å². The number of amides is 1. The van der Waals surface area contributed by atoms with E-state index in [1.165, 1.54) is 30.8 Å². The monoisotopic (exact) mass is 344 g/mol. The number of aryl methyl sites for hydroxylation is 1. The summed E-state index contributed by atoms with van der Waals surface area (Å²) in [5.74, 6) is -0.395. The molecule has 0 atom stereocenters. The standard InChI is InChI=1S/C17H16N2O4S/c1-13-4-2-5-14(10-13)12-24(21,22)19-8-7-15(11-19)18-17(20)16-6-3-9-23-16/h2-11H,12H2,1H3,(H,18,20). The van der Waals surface area contributed by atoms with Gasteiger partial charge in [0.1, 0.15) is 0 Å². The maximum atomic E-state index is 12.5. The molecule has 0 radical (unpaired) electrons. The predicted octanol–water partition coefficient (Wildman–Crippen LogP) is 3.02. The minimum Gasteiger partial charge on any atom is -0.459 e. The Morgan fingerprint density at radius 2 is 2.04 bits per heavy atom. The van der Waals surface area contributed by atoms with E-state index in [1.807, 2.05) is 25.1 Å². The zero-order valence-electron chi connectivity index (χ0n) is 13.0. The van der Waals surface area contributed by atoms with Crippen LogP contribution >= 0.6 is 0 Å². The van der Waals surface area contributed by atoms with Gasteiger partial charge in [-0.25, -0.2) is 8.42 Å². The van der Waals surface area contributed by atoms with Gasteiger partial charge in [-0.2, -0.15) is 0 Å². The molecule has 0 fully saturated rings. The van der Waals surface area contributed by atoms with Crippen LogP contribution in [0, 0.1) is 6.92 Å². The Bertz CT molecular complexity index is 956. The smallest absolute Gasteiger partial charge is 0.291 e. The van der Waals surface area contributed by atoms with E-state index in [0.29, 0.717) is 11.3 Å². The van der Waals surface area contributed by atoms with Crippen LogP contribution in [-0.2, 0) is 15.8 Å². The van der Waals surface area contributed by atoms with Gasteiger partial charge in [0, 0.05) is 12.4 Å². The zero-order chi connectivity index (χ0) is 17.2. The molecule has 24 heavy (non-hydrogen) atoms. The lowest BCUT2D eigenvalue weighted by atomic mass is 10.2. The third-order valence-electron chi connectivity index (χ3n) is 3.42. The normalized spacial score (nSPS) is 11.4. The molecule has 0 unspecified atom stereocenters. The van der Waals surface area contributed by atoms with E-state index >= 15 is 0 Å². The van der Waals surface area contributed by atoms with Gasteiger partial charge in [-0.15, -0.1) is 0 Å². The number of nitrogens with zero attached hydrogens (tertiary/aromatic N) is 1. The van der Waals surface area contributed by atoms with Crippen molar-refractivity contribution in [2.45, 2.75) is 12.7 Å². The van der Waals surface area contributed by atoms with Crippen molar-refractivity contribution in [2.75, 3.05) is 5.32 Å². The number of anilines is 1. The average molecular weight is 344 g/mol.